The molecule has 0 aliphatic carbocycles. The average molecular weight is 204 g/mol. The largest absolute Gasteiger partial charge is 0.394 e. The van der Waals surface area contributed by atoms with E-state index in [0.29, 0.717) is 12.8 Å². The lowest BCUT2D eigenvalue weighted by Gasteiger charge is -2.27. The van der Waals surface area contributed by atoms with E-state index < -0.39 is 18.3 Å². The number of aliphatic hydroxyl groups excluding tert-OH is 3. The van der Waals surface area contributed by atoms with Gasteiger partial charge in [0.05, 0.1) is 18.8 Å². The van der Waals surface area contributed by atoms with Gasteiger partial charge in [-0.15, -0.1) is 0 Å². The molecule has 84 valence electrons. The predicted molar refractivity (Wildman–Crippen MR) is 53.8 cm³/mol. The lowest BCUT2D eigenvalue weighted by molar-refractivity contribution is -0.0866. The SMILES string of the molecule is CC(=CCCC(C)(O)C(O)CO)CO. The molecular formula is C10H20O4. The van der Waals surface area contributed by atoms with Crippen LogP contribution in [0.2, 0.25) is 0 Å². The Balaban J connectivity index is 3.99. The number of rotatable bonds is 6. The van der Waals surface area contributed by atoms with Gasteiger partial charge >= 0.3 is 0 Å². The molecule has 0 aromatic carbocycles. The molecule has 14 heavy (non-hydrogen) atoms. The minimum Gasteiger partial charge on any atom is -0.394 e. The van der Waals surface area contributed by atoms with Crippen molar-refractivity contribution in [2.24, 2.45) is 0 Å². The van der Waals surface area contributed by atoms with Crippen LogP contribution in [-0.2, 0) is 0 Å². The standard InChI is InChI=1S/C10H20O4/c1-8(6-11)4-3-5-10(2,14)9(13)7-12/h4,9,11-14H,3,5-7H2,1-2H3. The first-order valence-electron chi connectivity index (χ1n) is 4.72. The normalized spacial score (nSPS) is 19.1. The van der Waals surface area contributed by atoms with E-state index in [0.717, 1.165) is 5.57 Å². The van der Waals surface area contributed by atoms with Crippen molar-refractivity contribution < 1.29 is 20.4 Å². The van der Waals surface area contributed by atoms with Crippen LogP contribution < -0.4 is 0 Å². The van der Waals surface area contributed by atoms with Crippen molar-refractivity contribution in [3.05, 3.63) is 11.6 Å². The Bertz CT molecular complexity index is 187. The lowest BCUT2D eigenvalue weighted by Crippen LogP contribution is -2.41. The highest BCUT2D eigenvalue weighted by Crippen LogP contribution is 2.17. The van der Waals surface area contributed by atoms with E-state index in [9.17, 15) is 10.2 Å². The first-order chi connectivity index (χ1) is 6.44. The quantitative estimate of drug-likeness (QED) is 0.452. The van der Waals surface area contributed by atoms with Crippen LogP contribution in [0.1, 0.15) is 26.7 Å². The topological polar surface area (TPSA) is 80.9 Å². The first-order valence-corrected chi connectivity index (χ1v) is 4.72. The monoisotopic (exact) mass is 204 g/mol. The highest BCUT2D eigenvalue weighted by molar-refractivity contribution is 4.98. The van der Waals surface area contributed by atoms with Crippen molar-refractivity contribution in [2.75, 3.05) is 13.2 Å². The Morgan fingerprint density at radius 1 is 1.43 bits per heavy atom. The van der Waals surface area contributed by atoms with E-state index in [1.165, 1.54) is 6.92 Å². The van der Waals surface area contributed by atoms with Crippen molar-refractivity contribution >= 4 is 0 Å². The first kappa shape index (κ1) is 13.6. The van der Waals surface area contributed by atoms with Gasteiger partial charge in [-0.1, -0.05) is 11.6 Å². The van der Waals surface area contributed by atoms with Crippen LogP contribution in [0.5, 0.6) is 0 Å². The maximum absolute atomic E-state index is 9.67. The van der Waals surface area contributed by atoms with Crippen LogP contribution in [0.15, 0.2) is 11.6 Å². The van der Waals surface area contributed by atoms with Crippen LogP contribution in [0.25, 0.3) is 0 Å². The minimum absolute atomic E-state index is 0.00466. The van der Waals surface area contributed by atoms with Crippen molar-refractivity contribution in [1.29, 1.82) is 0 Å². The van der Waals surface area contributed by atoms with Gasteiger partial charge in [0.1, 0.15) is 6.10 Å². The molecule has 4 N–H and O–H groups in total. The molecule has 0 saturated heterocycles. The molecule has 0 saturated carbocycles. The molecule has 2 atom stereocenters. The van der Waals surface area contributed by atoms with Gasteiger partial charge in [0.25, 0.3) is 0 Å². The fourth-order valence-electron chi connectivity index (χ4n) is 1.04. The van der Waals surface area contributed by atoms with Crippen LogP contribution in [0.4, 0.5) is 0 Å². The van der Waals surface area contributed by atoms with Crippen molar-refractivity contribution in [3.63, 3.8) is 0 Å². The Labute approximate surface area is 84.5 Å². The maximum atomic E-state index is 9.67. The highest BCUT2D eigenvalue weighted by atomic mass is 16.4. The summed E-state index contributed by atoms with van der Waals surface area (Å²) in [6.07, 6.45) is 1.60. The van der Waals surface area contributed by atoms with Gasteiger partial charge in [0.15, 0.2) is 0 Å². The van der Waals surface area contributed by atoms with Crippen LogP contribution in [0, 0.1) is 0 Å². The van der Waals surface area contributed by atoms with Gasteiger partial charge in [-0.25, -0.2) is 0 Å². The summed E-state index contributed by atoms with van der Waals surface area (Å²) in [6.45, 7) is 2.83. The lowest BCUT2D eigenvalue weighted by atomic mass is 9.93. The molecule has 0 aliphatic rings. The third-order valence-electron chi connectivity index (χ3n) is 2.28. The Morgan fingerprint density at radius 2 is 2.00 bits per heavy atom. The number of allylic oxidation sites excluding steroid dienone is 1. The Hall–Kier alpha value is -0.420. The van der Waals surface area contributed by atoms with Gasteiger partial charge in [-0.05, 0) is 26.7 Å². The molecule has 0 radical (unpaired) electrons. The van der Waals surface area contributed by atoms with Crippen molar-refractivity contribution in [1.82, 2.24) is 0 Å². The van der Waals surface area contributed by atoms with E-state index in [1.54, 1.807) is 13.0 Å². The number of aliphatic hydroxyl groups is 4. The smallest absolute Gasteiger partial charge is 0.105 e. The van der Waals surface area contributed by atoms with E-state index in [4.69, 9.17) is 10.2 Å². The predicted octanol–water partition coefficient (Wildman–Crippen LogP) is -0.191. The van der Waals surface area contributed by atoms with Gasteiger partial charge in [0.2, 0.25) is 0 Å². The Morgan fingerprint density at radius 3 is 2.43 bits per heavy atom. The highest BCUT2D eigenvalue weighted by Gasteiger charge is 2.28. The summed E-state index contributed by atoms with van der Waals surface area (Å²) < 4.78 is 0. The van der Waals surface area contributed by atoms with Gasteiger partial charge in [0, 0.05) is 0 Å². The van der Waals surface area contributed by atoms with E-state index in [1.807, 2.05) is 0 Å². The van der Waals surface area contributed by atoms with Crippen LogP contribution >= 0.6 is 0 Å². The third kappa shape index (κ3) is 4.72. The summed E-state index contributed by atoms with van der Waals surface area (Å²) in [4.78, 5) is 0. The second-order valence-electron chi connectivity index (χ2n) is 3.80. The van der Waals surface area contributed by atoms with Crippen molar-refractivity contribution in [2.45, 2.75) is 38.4 Å². The maximum Gasteiger partial charge on any atom is 0.105 e. The van der Waals surface area contributed by atoms with E-state index in [2.05, 4.69) is 0 Å². The summed E-state index contributed by atoms with van der Waals surface area (Å²) in [7, 11) is 0. The summed E-state index contributed by atoms with van der Waals surface area (Å²) in [6, 6.07) is 0. The zero-order chi connectivity index (χ0) is 11.2. The number of hydrogen-bond acceptors (Lipinski definition) is 4. The fourth-order valence-corrected chi connectivity index (χ4v) is 1.04. The molecule has 0 spiro atoms. The molecule has 0 rings (SSSR count). The summed E-state index contributed by atoms with van der Waals surface area (Å²) in [5.41, 5.74) is -0.444. The number of hydrogen-bond donors (Lipinski definition) is 4. The van der Waals surface area contributed by atoms with Gasteiger partial charge < -0.3 is 20.4 Å². The van der Waals surface area contributed by atoms with Crippen LogP contribution in [-0.4, -0.2) is 45.3 Å². The van der Waals surface area contributed by atoms with Gasteiger partial charge in [-0.2, -0.15) is 0 Å². The van der Waals surface area contributed by atoms with E-state index in [-0.39, 0.29) is 6.61 Å². The molecule has 0 amide bonds. The molecule has 0 heterocycles. The molecule has 0 fully saturated rings. The molecule has 0 bridgehead atoms. The average Bonchev–Trinajstić information content (AvgIpc) is 2.15. The van der Waals surface area contributed by atoms with Gasteiger partial charge in [-0.3, -0.25) is 0 Å². The minimum atomic E-state index is -1.28. The van der Waals surface area contributed by atoms with Crippen molar-refractivity contribution in [3.8, 4) is 0 Å². The van der Waals surface area contributed by atoms with E-state index >= 15 is 0 Å². The zero-order valence-corrected chi connectivity index (χ0v) is 8.77. The molecule has 4 heteroatoms. The molecule has 0 aromatic heterocycles. The summed E-state index contributed by atoms with van der Waals surface area (Å²) >= 11 is 0. The molecular weight excluding hydrogens is 184 g/mol. The van der Waals surface area contributed by atoms with Crippen LogP contribution in [0.3, 0.4) is 0 Å². The Kier molecular flexibility index (Phi) is 5.95. The zero-order valence-electron chi connectivity index (χ0n) is 8.77. The fraction of sp³-hybridized carbons (Fsp3) is 0.800. The second-order valence-corrected chi connectivity index (χ2v) is 3.80. The summed E-state index contributed by atoms with van der Waals surface area (Å²) in [5, 5.41) is 36.3. The molecule has 4 nitrogen and oxygen atoms in total. The molecule has 0 aromatic rings. The second kappa shape index (κ2) is 6.14. The molecule has 0 aliphatic heterocycles. The summed E-state index contributed by atoms with van der Waals surface area (Å²) in [5.74, 6) is 0. The molecule has 2 unspecified atom stereocenters. The third-order valence-corrected chi connectivity index (χ3v) is 2.28.